The number of benzene rings is 1. The van der Waals surface area contributed by atoms with Crippen molar-refractivity contribution in [2.75, 3.05) is 13.1 Å². The summed E-state index contributed by atoms with van der Waals surface area (Å²) in [4.78, 5) is 29.0. The first-order chi connectivity index (χ1) is 13.2. The van der Waals surface area contributed by atoms with E-state index in [1.165, 1.54) is 11.3 Å². The van der Waals surface area contributed by atoms with E-state index in [0.717, 1.165) is 61.1 Å². The molecular weight excluding hydrogens is 336 g/mol. The average Bonchev–Trinajstić information content (AvgIpc) is 3.04. The second-order valence-electron chi connectivity index (χ2n) is 7.78. The third kappa shape index (κ3) is 2.60. The van der Waals surface area contributed by atoms with Crippen molar-refractivity contribution in [2.45, 2.75) is 38.0 Å². The molecular formula is C22H22N4O. The molecule has 1 aromatic carbocycles. The standard InChI is InChI=1S/C22H22N4O/c1-15-24-13-16-7-10-22(20(16)25-15)9-4-12-26(14-22)21(27)18-8-11-23-19-6-3-2-5-17(18)19/h2-3,5-6,8,11,13H,4,7,9-10,12,14H2,1H3. The summed E-state index contributed by atoms with van der Waals surface area (Å²) in [6.45, 7) is 3.49. The van der Waals surface area contributed by atoms with Crippen LogP contribution in [0.4, 0.5) is 0 Å². The number of carbonyl (C=O) groups excluding carboxylic acids is 1. The highest BCUT2D eigenvalue weighted by Gasteiger charge is 2.44. The van der Waals surface area contributed by atoms with Gasteiger partial charge in [0, 0.05) is 36.3 Å². The number of aromatic nitrogens is 3. The van der Waals surface area contributed by atoms with Gasteiger partial charge in [0.05, 0.1) is 16.8 Å². The molecule has 1 unspecified atom stereocenters. The van der Waals surface area contributed by atoms with Crippen LogP contribution in [-0.4, -0.2) is 38.8 Å². The molecule has 1 atom stereocenters. The second-order valence-corrected chi connectivity index (χ2v) is 7.78. The molecule has 5 nitrogen and oxygen atoms in total. The highest BCUT2D eigenvalue weighted by atomic mass is 16.2. The normalized spacial score (nSPS) is 21.6. The third-order valence-electron chi connectivity index (χ3n) is 6.10. The van der Waals surface area contributed by atoms with Crippen LogP contribution in [0.2, 0.25) is 0 Å². The summed E-state index contributed by atoms with van der Waals surface area (Å²) in [5.74, 6) is 0.922. The molecule has 1 aliphatic heterocycles. The molecule has 3 heterocycles. The van der Waals surface area contributed by atoms with Crippen LogP contribution in [0, 0.1) is 6.92 Å². The number of nitrogens with zero attached hydrogens (tertiary/aromatic N) is 4. The molecule has 1 amide bonds. The number of aryl methyl sites for hydroxylation is 2. The van der Waals surface area contributed by atoms with Crippen LogP contribution >= 0.6 is 0 Å². The lowest BCUT2D eigenvalue weighted by molar-refractivity contribution is 0.0635. The van der Waals surface area contributed by atoms with Gasteiger partial charge in [0.2, 0.25) is 0 Å². The molecule has 27 heavy (non-hydrogen) atoms. The summed E-state index contributed by atoms with van der Waals surface area (Å²) in [7, 11) is 0. The van der Waals surface area contributed by atoms with E-state index in [2.05, 4.69) is 9.97 Å². The molecule has 0 N–H and O–H groups in total. The Bertz CT molecular complexity index is 1040. The summed E-state index contributed by atoms with van der Waals surface area (Å²) < 4.78 is 0. The summed E-state index contributed by atoms with van der Waals surface area (Å²) in [5, 5.41) is 0.926. The van der Waals surface area contributed by atoms with Gasteiger partial charge in [0.15, 0.2) is 0 Å². The van der Waals surface area contributed by atoms with Gasteiger partial charge in [0.25, 0.3) is 5.91 Å². The minimum absolute atomic E-state index is 0.0141. The van der Waals surface area contributed by atoms with E-state index in [9.17, 15) is 4.79 Å². The molecule has 136 valence electrons. The fraction of sp³-hybridized carbons (Fsp3) is 0.364. The van der Waals surface area contributed by atoms with Crippen molar-refractivity contribution in [1.82, 2.24) is 19.9 Å². The molecule has 0 bridgehead atoms. The zero-order chi connectivity index (χ0) is 18.4. The number of hydrogen-bond acceptors (Lipinski definition) is 4. The Kier molecular flexibility index (Phi) is 3.71. The highest BCUT2D eigenvalue weighted by Crippen LogP contribution is 2.44. The molecule has 1 aliphatic carbocycles. The van der Waals surface area contributed by atoms with Crippen molar-refractivity contribution in [2.24, 2.45) is 0 Å². The molecule has 2 aromatic heterocycles. The molecule has 1 spiro atoms. The van der Waals surface area contributed by atoms with Crippen LogP contribution in [0.5, 0.6) is 0 Å². The molecule has 5 rings (SSSR count). The maximum atomic E-state index is 13.4. The number of piperidine rings is 1. The Morgan fingerprint density at radius 3 is 2.96 bits per heavy atom. The van der Waals surface area contributed by atoms with Gasteiger partial charge < -0.3 is 4.90 Å². The van der Waals surface area contributed by atoms with E-state index < -0.39 is 0 Å². The zero-order valence-corrected chi connectivity index (χ0v) is 15.5. The van der Waals surface area contributed by atoms with Crippen molar-refractivity contribution in [3.05, 3.63) is 65.4 Å². The van der Waals surface area contributed by atoms with Gasteiger partial charge >= 0.3 is 0 Å². The van der Waals surface area contributed by atoms with Crippen molar-refractivity contribution in [1.29, 1.82) is 0 Å². The Hall–Kier alpha value is -2.82. The summed E-state index contributed by atoms with van der Waals surface area (Å²) >= 11 is 0. The van der Waals surface area contributed by atoms with Crippen molar-refractivity contribution in [3.63, 3.8) is 0 Å². The number of para-hydroxylation sites is 1. The van der Waals surface area contributed by atoms with E-state index in [-0.39, 0.29) is 11.3 Å². The Balaban J connectivity index is 1.50. The van der Waals surface area contributed by atoms with E-state index in [4.69, 9.17) is 4.98 Å². The van der Waals surface area contributed by atoms with Crippen molar-refractivity contribution >= 4 is 16.8 Å². The minimum atomic E-state index is -0.0141. The monoisotopic (exact) mass is 358 g/mol. The van der Waals surface area contributed by atoms with Crippen LogP contribution < -0.4 is 0 Å². The van der Waals surface area contributed by atoms with Crippen LogP contribution in [0.15, 0.2) is 42.7 Å². The largest absolute Gasteiger partial charge is 0.338 e. The maximum absolute atomic E-state index is 13.4. The quantitative estimate of drug-likeness (QED) is 0.668. The van der Waals surface area contributed by atoms with Gasteiger partial charge in [-0.1, -0.05) is 18.2 Å². The first-order valence-electron chi connectivity index (χ1n) is 9.62. The number of rotatable bonds is 1. The molecule has 1 saturated heterocycles. The van der Waals surface area contributed by atoms with Gasteiger partial charge in [-0.15, -0.1) is 0 Å². The maximum Gasteiger partial charge on any atom is 0.254 e. The molecule has 1 fully saturated rings. The predicted molar refractivity (Wildman–Crippen MR) is 104 cm³/mol. The zero-order valence-electron chi connectivity index (χ0n) is 15.5. The molecule has 5 heteroatoms. The van der Waals surface area contributed by atoms with Crippen LogP contribution in [0.1, 0.15) is 46.7 Å². The summed E-state index contributed by atoms with van der Waals surface area (Å²) in [6, 6.07) is 9.71. The SMILES string of the molecule is Cc1ncc2c(n1)C1(CCCN(C(=O)c3ccnc4ccccc34)C1)CC2. The second kappa shape index (κ2) is 6.12. The van der Waals surface area contributed by atoms with Crippen LogP contribution in [0.3, 0.4) is 0 Å². The summed E-state index contributed by atoms with van der Waals surface area (Å²) in [5.41, 5.74) is 4.02. The molecule has 2 aliphatic rings. The lowest BCUT2D eigenvalue weighted by Gasteiger charge is -2.40. The fourth-order valence-electron chi connectivity index (χ4n) is 4.78. The van der Waals surface area contributed by atoms with Crippen molar-refractivity contribution in [3.8, 4) is 0 Å². The number of likely N-dealkylation sites (tertiary alicyclic amines) is 1. The van der Waals surface area contributed by atoms with Crippen LogP contribution in [0.25, 0.3) is 10.9 Å². The first kappa shape index (κ1) is 16.4. The van der Waals surface area contributed by atoms with E-state index in [1.807, 2.05) is 48.4 Å². The number of fused-ring (bicyclic) bond motifs is 3. The summed E-state index contributed by atoms with van der Waals surface area (Å²) in [6.07, 6.45) is 7.88. The number of hydrogen-bond donors (Lipinski definition) is 0. The van der Waals surface area contributed by atoms with Crippen LogP contribution in [-0.2, 0) is 11.8 Å². The van der Waals surface area contributed by atoms with Gasteiger partial charge in [-0.05, 0) is 50.3 Å². The van der Waals surface area contributed by atoms with E-state index >= 15 is 0 Å². The molecule has 3 aromatic rings. The fourth-order valence-corrected chi connectivity index (χ4v) is 4.78. The predicted octanol–water partition coefficient (Wildman–Crippen LogP) is 3.45. The van der Waals surface area contributed by atoms with Gasteiger partial charge in [-0.3, -0.25) is 9.78 Å². The lowest BCUT2D eigenvalue weighted by Crippen LogP contribution is -2.48. The minimum Gasteiger partial charge on any atom is -0.338 e. The Labute approximate surface area is 158 Å². The topological polar surface area (TPSA) is 59.0 Å². The number of amides is 1. The van der Waals surface area contributed by atoms with E-state index in [0.29, 0.717) is 0 Å². The molecule has 0 radical (unpaired) electrons. The van der Waals surface area contributed by atoms with E-state index in [1.54, 1.807) is 6.20 Å². The Morgan fingerprint density at radius 2 is 2.04 bits per heavy atom. The number of carbonyl (C=O) groups is 1. The first-order valence-corrected chi connectivity index (χ1v) is 9.62. The Morgan fingerprint density at radius 1 is 1.15 bits per heavy atom. The number of pyridine rings is 1. The van der Waals surface area contributed by atoms with Gasteiger partial charge in [-0.2, -0.15) is 0 Å². The highest BCUT2D eigenvalue weighted by molar-refractivity contribution is 6.06. The lowest BCUT2D eigenvalue weighted by atomic mass is 9.77. The third-order valence-corrected chi connectivity index (χ3v) is 6.10. The van der Waals surface area contributed by atoms with Crippen molar-refractivity contribution < 1.29 is 4.79 Å². The van der Waals surface area contributed by atoms with Gasteiger partial charge in [-0.25, -0.2) is 9.97 Å². The average molecular weight is 358 g/mol. The molecule has 0 saturated carbocycles. The smallest absolute Gasteiger partial charge is 0.254 e. The van der Waals surface area contributed by atoms with Gasteiger partial charge in [0.1, 0.15) is 5.82 Å².